The first-order chi connectivity index (χ1) is 8.48. The van der Waals surface area contributed by atoms with E-state index < -0.39 is 0 Å². The van der Waals surface area contributed by atoms with E-state index in [1.165, 1.54) is 19.3 Å². The number of primary amides is 1. The lowest BCUT2D eigenvalue weighted by Gasteiger charge is -2.60. The Balaban J connectivity index is 1.86. The highest BCUT2D eigenvalue weighted by atomic mass is 16.2. The van der Waals surface area contributed by atoms with Crippen molar-refractivity contribution < 1.29 is 4.79 Å². The molecule has 0 spiro atoms. The minimum absolute atomic E-state index is 0.00510. The predicted octanol–water partition coefficient (Wildman–Crippen LogP) is 1.68. The van der Waals surface area contributed by atoms with E-state index >= 15 is 0 Å². The van der Waals surface area contributed by atoms with Gasteiger partial charge in [-0.25, -0.2) is 4.79 Å². The lowest BCUT2D eigenvalue weighted by molar-refractivity contribution is -0.0700. The van der Waals surface area contributed by atoms with Gasteiger partial charge < -0.3 is 16.4 Å². The zero-order valence-corrected chi connectivity index (χ0v) is 11.3. The Kier molecular flexibility index (Phi) is 2.81. The van der Waals surface area contributed by atoms with Gasteiger partial charge in [0.25, 0.3) is 0 Å². The Hall–Kier alpha value is -0.770. The molecule has 4 nitrogen and oxygen atoms in total. The Labute approximate surface area is 109 Å². The average molecular weight is 251 g/mol. The number of urea groups is 1. The fourth-order valence-corrected chi connectivity index (χ4v) is 5.20. The number of carbonyl (C=O) groups excluding carboxylic acids is 1. The second kappa shape index (κ2) is 4.12. The molecule has 0 radical (unpaired) electrons. The van der Waals surface area contributed by atoms with E-state index in [9.17, 15) is 4.79 Å². The fraction of sp³-hybridized carbons (Fsp3) is 0.929. The van der Waals surface area contributed by atoms with Gasteiger partial charge in [0.2, 0.25) is 0 Å². The summed E-state index contributed by atoms with van der Waals surface area (Å²) in [5.41, 5.74) is 11.6. The molecule has 0 aromatic carbocycles. The molecule has 0 aromatic heterocycles. The van der Waals surface area contributed by atoms with E-state index in [1.807, 2.05) is 11.8 Å². The summed E-state index contributed by atoms with van der Waals surface area (Å²) in [6, 6.07) is -0.264. The zero-order chi connectivity index (χ0) is 12.9. The van der Waals surface area contributed by atoms with Gasteiger partial charge in [-0.2, -0.15) is 0 Å². The number of hydrogen-bond acceptors (Lipinski definition) is 2. The maximum absolute atomic E-state index is 11.8. The van der Waals surface area contributed by atoms with Crippen LogP contribution in [0.3, 0.4) is 0 Å². The van der Waals surface area contributed by atoms with Gasteiger partial charge in [-0.3, -0.25) is 0 Å². The van der Waals surface area contributed by atoms with Crippen LogP contribution in [0.5, 0.6) is 0 Å². The Morgan fingerprint density at radius 1 is 1.22 bits per heavy atom. The highest BCUT2D eigenvalue weighted by molar-refractivity contribution is 5.73. The van der Waals surface area contributed by atoms with Gasteiger partial charge in [0.05, 0.1) is 0 Å². The van der Waals surface area contributed by atoms with Gasteiger partial charge in [-0.1, -0.05) is 0 Å². The standard InChI is InChI=1S/C14H25N3O/c1-9(15)8-17(13(16)18)14-5-10-2-11(6-14)4-12(3-10)7-14/h9-12H,2-8,15H2,1H3,(H2,16,18). The fourth-order valence-electron chi connectivity index (χ4n) is 5.20. The SMILES string of the molecule is CC(N)CN(C(N)=O)C12CC3CC(CC(C3)C1)C2. The van der Waals surface area contributed by atoms with Gasteiger partial charge in [0.1, 0.15) is 0 Å². The summed E-state index contributed by atoms with van der Waals surface area (Å²) in [6.07, 6.45) is 7.62. The molecule has 1 unspecified atom stereocenters. The lowest BCUT2D eigenvalue weighted by Crippen LogP contribution is -2.64. The van der Waals surface area contributed by atoms with Crippen molar-refractivity contribution in [3.8, 4) is 0 Å². The molecule has 4 aliphatic carbocycles. The summed E-state index contributed by atoms with van der Waals surface area (Å²) in [6.45, 7) is 2.57. The minimum atomic E-state index is -0.269. The van der Waals surface area contributed by atoms with Crippen molar-refractivity contribution in [2.75, 3.05) is 6.54 Å². The maximum atomic E-state index is 11.8. The third-order valence-electron chi connectivity index (χ3n) is 5.32. The first-order valence-electron chi connectivity index (χ1n) is 7.31. The van der Waals surface area contributed by atoms with Crippen LogP contribution < -0.4 is 11.5 Å². The predicted molar refractivity (Wildman–Crippen MR) is 70.8 cm³/mol. The molecular formula is C14H25N3O. The number of nitrogens with two attached hydrogens (primary N) is 2. The molecule has 4 heteroatoms. The van der Waals surface area contributed by atoms with Crippen molar-refractivity contribution in [1.82, 2.24) is 4.90 Å². The summed E-state index contributed by atoms with van der Waals surface area (Å²) in [5, 5.41) is 0. The monoisotopic (exact) mass is 251 g/mol. The van der Waals surface area contributed by atoms with Crippen LogP contribution in [0.2, 0.25) is 0 Å². The first kappa shape index (κ1) is 12.3. The molecule has 4 bridgehead atoms. The molecule has 4 N–H and O–H groups in total. The third-order valence-corrected chi connectivity index (χ3v) is 5.32. The highest BCUT2D eigenvalue weighted by Gasteiger charge is 2.54. The molecule has 4 saturated carbocycles. The van der Waals surface area contributed by atoms with Crippen LogP contribution in [0.15, 0.2) is 0 Å². The van der Waals surface area contributed by atoms with Crippen LogP contribution in [0.1, 0.15) is 45.4 Å². The second-order valence-corrected chi connectivity index (χ2v) is 7.07. The van der Waals surface area contributed by atoms with Crippen LogP contribution >= 0.6 is 0 Å². The summed E-state index contributed by atoms with van der Waals surface area (Å²) in [4.78, 5) is 13.8. The van der Waals surface area contributed by atoms with Crippen molar-refractivity contribution in [1.29, 1.82) is 0 Å². The summed E-state index contributed by atoms with van der Waals surface area (Å²) < 4.78 is 0. The molecule has 0 saturated heterocycles. The van der Waals surface area contributed by atoms with Gasteiger partial charge in [0.15, 0.2) is 0 Å². The number of hydrogen-bond donors (Lipinski definition) is 2. The molecule has 0 aliphatic heterocycles. The minimum Gasteiger partial charge on any atom is -0.351 e. The molecule has 1 atom stereocenters. The van der Waals surface area contributed by atoms with E-state index in [2.05, 4.69) is 0 Å². The zero-order valence-electron chi connectivity index (χ0n) is 11.3. The number of nitrogens with zero attached hydrogens (tertiary/aromatic N) is 1. The van der Waals surface area contributed by atoms with Crippen molar-refractivity contribution in [2.24, 2.45) is 29.2 Å². The summed E-state index contributed by atoms with van der Waals surface area (Å²) in [7, 11) is 0. The van der Waals surface area contributed by atoms with E-state index in [0.717, 1.165) is 37.0 Å². The molecule has 2 amide bonds. The Bertz CT molecular complexity index is 318. The first-order valence-corrected chi connectivity index (χ1v) is 7.31. The summed E-state index contributed by atoms with van der Waals surface area (Å²) in [5.74, 6) is 2.48. The Morgan fingerprint density at radius 2 is 1.67 bits per heavy atom. The summed E-state index contributed by atoms with van der Waals surface area (Å²) >= 11 is 0. The van der Waals surface area contributed by atoms with Crippen LogP contribution in [-0.4, -0.2) is 29.1 Å². The highest BCUT2D eigenvalue weighted by Crippen LogP contribution is 2.57. The number of amides is 2. The molecule has 4 rings (SSSR count). The van der Waals surface area contributed by atoms with E-state index in [-0.39, 0.29) is 17.6 Å². The third kappa shape index (κ3) is 1.91. The van der Waals surface area contributed by atoms with Crippen molar-refractivity contribution in [3.63, 3.8) is 0 Å². The van der Waals surface area contributed by atoms with Gasteiger partial charge in [0, 0.05) is 18.1 Å². The number of carbonyl (C=O) groups is 1. The van der Waals surface area contributed by atoms with Gasteiger partial charge >= 0.3 is 6.03 Å². The smallest absolute Gasteiger partial charge is 0.315 e. The lowest BCUT2D eigenvalue weighted by atomic mass is 9.52. The van der Waals surface area contributed by atoms with E-state index in [0.29, 0.717) is 6.54 Å². The molecule has 102 valence electrons. The van der Waals surface area contributed by atoms with E-state index in [4.69, 9.17) is 11.5 Å². The quantitative estimate of drug-likeness (QED) is 0.801. The Morgan fingerprint density at radius 3 is 2.00 bits per heavy atom. The van der Waals surface area contributed by atoms with Crippen molar-refractivity contribution in [2.45, 2.75) is 57.0 Å². The normalized spacial score (nSPS) is 42.9. The van der Waals surface area contributed by atoms with Gasteiger partial charge in [-0.05, 0) is 63.2 Å². The molecule has 4 aliphatic rings. The maximum Gasteiger partial charge on any atom is 0.315 e. The second-order valence-electron chi connectivity index (χ2n) is 7.07. The topological polar surface area (TPSA) is 72.3 Å². The van der Waals surface area contributed by atoms with Gasteiger partial charge in [-0.15, -0.1) is 0 Å². The molecule has 4 fully saturated rings. The van der Waals surface area contributed by atoms with Crippen molar-refractivity contribution in [3.05, 3.63) is 0 Å². The molecule has 0 aromatic rings. The van der Waals surface area contributed by atoms with Crippen molar-refractivity contribution >= 4 is 6.03 Å². The van der Waals surface area contributed by atoms with Crippen LogP contribution in [0.25, 0.3) is 0 Å². The average Bonchev–Trinajstić information content (AvgIpc) is 2.23. The molecule has 0 heterocycles. The van der Waals surface area contributed by atoms with E-state index in [1.54, 1.807) is 0 Å². The molecule has 18 heavy (non-hydrogen) atoms. The largest absolute Gasteiger partial charge is 0.351 e. The van der Waals surface area contributed by atoms with Crippen LogP contribution in [0, 0.1) is 17.8 Å². The molecular weight excluding hydrogens is 226 g/mol. The van der Waals surface area contributed by atoms with Crippen LogP contribution in [0.4, 0.5) is 4.79 Å². The number of rotatable bonds is 3. The van der Waals surface area contributed by atoms with Crippen LogP contribution in [-0.2, 0) is 0 Å².